The number of fused-ring (bicyclic) bond motifs is 3. The molecule has 2 aromatic heterocycles. The van der Waals surface area contributed by atoms with Gasteiger partial charge in [0.1, 0.15) is 0 Å². The molecule has 2 aromatic carbocycles. The van der Waals surface area contributed by atoms with Crippen molar-refractivity contribution in [2.24, 2.45) is 0 Å². The van der Waals surface area contributed by atoms with Gasteiger partial charge < -0.3 is 10.4 Å². The van der Waals surface area contributed by atoms with Gasteiger partial charge in [-0.2, -0.15) is 0 Å². The predicted molar refractivity (Wildman–Crippen MR) is 113 cm³/mol. The number of aromatic amines is 1. The number of aliphatic hydroxyl groups is 1. The van der Waals surface area contributed by atoms with E-state index in [4.69, 9.17) is 0 Å². The van der Waals surface area contributed by atoms with Crippen LogP contribution < -0.4 is 10.9 Å². The quantitative estimate of drug-likeness (QED) is 0.488. The number of carbonyl (C=O) groups is 1. The van der Waals surface area contributed by atoms with Crippen molar-refractivity contribution in [1.29, 1.82) is 0 Å². The zero-order valence-corrected chi connectivity index (χ0v) is 16.3. The van der Waals surface area contributed by atoms with Gasteiger partial charge in [-0.25, -0.2) is 4.68 Å². The van der Waals surface area contributed by atoms with Gasteiger partial charge in [-0.1, -0.05) is 19.1 Å². The molecule has 4 rings (SSSR count). The summed E-state index contributed by atoms with van der Waals surface area (Å²) in [5, 5.41) is 16.4. The van der Waals surface area contributed by atoms with E-state index >= 15 is 0 Å². The molecule has 0 spiro atoms. The minimum Gasteiger partial charge on any atom is -0.392 e. The lowest BCUT2D eigenvalue weighted by molar-refractivity contribution is 0.0924. The smallest absolute Gasteiger partial charge is 0.280 e. The van der Waals surface area contributed by atoms with Gasteiger partial charge in [0.05, 0.1) is 28.2 Å². The molecule has 1 unspecified atom stereocenters. The van der Waals surface area contributed by atoms with Crippen LogP contribution in [-0.2, 0) is 6.42 Å². The van der Waals surface area contributed by atoms with Crippen LogP contribution in [0.4, 0.5) is 0 Å². The minimum atomic E-state index is -0.628. The Labute approximate surface area is 167 Å². The maximum Gasteiger partial charge on any atom is 0.280 e. The Hall–Kier alpha value is -3.45. The number of benzene rings is 2. The number of amides is 1. The summed E-state index contributed by atoms with van der Waals surface area (Å²) >= 11 is 0. The van der Waals surface area contributed by atoms with Gasteiger partial charge in [-0.15, -0.1) is 0 Å². The van der Waals surface area contributed by atoms with E-state index in [-0.39, 0.29) is 18.0 Å². The number of aromatic nitrogens is 3. The average molecular weight is 390 g/mol. The third-order valence-corrected chi connectivity index (χ3v) is 4.95. The number of hydrogen-bond acceptors (Lipinski definition) is 4. The van der Waals surface area contributed by atoms with Crippen molar-refractivity contribution in [2.75, 3.05) is 6.54 Å². The number of rotatable bonds is 5. The van der Waals surface area contributed by atoms with Crippen molar-refractivity contribution in [3.8, 4) is 5.69 Å². The van der Waals surface area contributed by atoms with Gasteiger partial charge in [0.2, 0.25) is 0 Å². The van der Waals surface area contributed by atoms with Crippen LogP contribution in [0.3, 0.4) is 0 Å². The molecule has 0 bridgehead atoms. The monoisotopic (exact) mass is 390 g/mol. The molecular formula is C22H22N4O3. The van der Waals surface area contributed by atoms with Crippen LogP contribution >= 0.6 is 0 Å². The number of hydrogen-bond donors (Lipinski definition) is 3. The van der Waals surface area contributed by atoms with Gasteiger partial charge in [-0.3, -0.25) is 19.7 Å². The fraction of sp³-hybridized carbons (Fsp3) is 0.227. The fourth-order valence-electron chi connectivity index (χ4n) is 3.30. The Morgan fingerprint density at radius 3 is 2.66 bits per heavy atom. The normalized spacial score (nSPS) is 12.4. The van der Waals surface area contributed by atoms with Crippen LogP contribution in [0.5, 0.6) is 0 Å². The number of H-pyrrole nitrogens is 1. The first-order chi connectivity index (χ1) is 14.0. The van der Waals surface area contributed by atoms with E-state index in [1.54, 1.807) is 31.3 Å². The lowest BCUT2D eigenvalue weighted by Gasteiger charge is -2.08. The Morgan fingerprint density at radius 1 is 1.21 bits per heavy atom. The van der Waals surface area contributed by atoms with Gasteiger partial charge >= 0.3 is 0 Å². The third-order valence-electron chi connectivity index (χ3n) is 4.95. The van der Waals surface area contributed by atoms with Crippen LogP contribution in [0.1, 0.15) is 29.8 Å². The van der Waals surface area contributed by atoms with Gasteiger partial charge in [-0.05, 0) is 49.2 Å². The molecule has 2 heterocycles. The Morgan fingerprint density at radius 2 is 1.97 bits per heavy atom. The molecule has 0 radical (unpaired) electrons. The summed E-state index contributed by atoms with van der Waals surface area (Å²) in [5.74, 6) is -0.290. The molecule has 0 aliphatic carbocycles. The Kier molecular flexibility index (Phi) is 4.90. The van der Waals surface area contributed by atoms with Gasteiger partial charge in [0, 0.05) is 23.7 Å². The van der Waals surface area contributed by atoms with Crippen molar-refractivity contribution in [3.63, 3.8) is 0 Å². The summed E-state index contributed by atoms with van der Waals surface area (Å²) in [6.07, 6.45) is 1.86. The number of carbonyl (C=O) groups excluding carboxylic acids is 1. The fourth-order valence-corrected chi connectivity index (χ4v) is 3.30. The summed E-state index contributed by atoms with van der Waals surface area (Å²) in [6.45, 7) is 3.85. The van der Waals surface area contributed by atoms with E-state index in [1.807, 2.05) is 24.3 Å². The molecule has 0 saturated carbocycles. The number of aryl methyl sites for hydroxylation is 1. The molecule has 7 heteroatoms. The van der Waals surface area contributed by atoms with Gasteiger partial charge in [0.25, 0.3) is 11.5 Å². The molecule has 0 saturated heterocycles. The molecule has 3 N–H and O–H groups in total. The van der Waals surface area contributed by atoms with E-state index in [1.165, 1.54) is 10.2 Å². The summed E-state index contributed by atoms with van der Waals surface area (Å²) in [4.78, 5) is 29.6. The second-order valence-electron chi connectivity index (χ2n) is 7.11. The largest absolute Gasteiger partial charge is 0.392 e. The number of nitrogens with one attached hydrogen (secondary N) is 2. The van der Waals surface area contributed by atoms with Gasteiger partial charge in [0.15, 0.2) is 0 Å². The second kappa shape index (κ2) is 7.52. The second-order valence-corrected chi connectivity index (χ2v) is 7.11. The molecule has 0 aliphatic rings. The number of aliphatic hydroxyl groups excluding tert-OH is 1. The van der Waals surface area contributed by atoms with Crippen LogP contribution in [0.15, 0.2) is 53.5 Å². The van der Waals surface area contributed by atoms with E-state index < -0.39 is 6.10 Å². The Bertz CT molecular complexity index is 1250. The molecule has 0 fully saturated rings. The number of pyridine rings is 1. The SMILES string of the molecule is CCc1ccc(-n2[nH]c3c(cnc4ccc(C(=O)NCC(C)O)cc43)c2=O)cc1. The zero-order chi connectivity index (χ0) is 20.5. The minimum absolute atomic E-state index is 0.167. The topological polar surface area (TPSA) is 100 Å². The standard InChI is InChI=1S/C22H22N4O3/c1-3-14-4-7-16(8-5-14)26-22(29)18-12-23-19-9-6-15(10-17(19)20(18)25-26)21(28)24-11-13(2)27/h4-10,12-13,25,27H,3,11H2,1-2H3,(H,24,28). The molecule has 0 aliphatic heterocycles. The van der Waals surface area contributed by atoms with Crippen molar-refractivity contribution >= 4 is 27.7 Å². The number of nitrogens with zero attached hydrogens (tertiary/aromatic N) is 2. The van der Waals surface area contributed by atoms with E-state index in [0.29, 0.717) is 27.4 Å². The first kappa shape index (κ1) is 18.9. The first-order valence-electron chi connectivity index (χ1n) is 9.57. The van der Waals surface area contributed by atoms with Crippen LogP contribution in [0.2, 0.25) is 0 Å². The predicted octanol–water partition coefficient (Wildman–Crippen LogP) is 2.54. The van der Waals surface area contributed by atoms with Crippen molar-refractivity contribution in [2.45, 2.75) is 26.4 Å². The molecule has 29 heavy (non-hydrogen) atoms. The first-order valence-corrected chi connectivity index (χ1v) is 9.57. The molecular weight excluding hydrogens is 368 g/mol. The van der Waals surface area contributed by atoms with E-state index in [2.05, 4.69) is 22.3 Å². The third kappa shape index (κ3) is 3.52. The van der Waals surface area contributed by atoms with Crippen molar-refractivity contribution < 1.29 is 9.90 Å². The summed E-state index contributed by atoms with van der Waals surface area (Å²) in [6, 6.07) is 12.9. The molecule has 4 aromatic rings. The lowest BCUT2D eigenvalue weighted by atomic mass is 10.1. The lowest BCUT2D eigenvalue weighted by Crippen LogP contribution is -2.30. The average Bonchev–Trinajstić information content (AvgIpc) is 3.08. The summed E-state index contributed by atoms with van der Waals surface area (Å²) in [5.41, 5.74) is 3.49. The van der Waals surface area contributed by atoms with E-state index in [9.17, 15) is 14.7 Å². The highest BCUT2D eigenvalue weighted by Crippen LogP contribution is 2.22. The van der Waals surface area contributed by atoms with Crippen molar-refractivity contribution in [3.05, 3.63) is 70.1 Å². The zero-order valence-electron chi connectivity index (χ0n) is 16.3. The molecule has 1 atom stereocenters. The Balaban J connectivity index is 1.82. The molecule has 7 nitrogen and oxygen atoms in total. The van der Waals surface area contributed by atoms with Crippen LogP contribution in [0, 0.1) is 0 Å². The highest BCUT2D eigenvalue weighted by atomic mass is 16.3. The highest BCUT2D eigenvalue weighted by Gasteiger charge is 2.14. The maximum absolute atomic E-state index is 12.9. The summed E-state index contributed by atoms with van der Waals surface area (Å²) in [7, 11) is 0. The van der Waals surface area contributed by atoms with Crippen LogP contribution in [0.25, 0.3) is 27.5 Å². The summed E-state index contributed by atoms with van der Waals surface area (Å²) < 4.78 is 1.49. The van der Waals surface area contributed by atoms with E-state index in [0.717, 1.165) is 12.1 Å². The van der Waals surface area contributed by atoms with Crippen molar-refractivity contribution in [1.82, 2.24) is 20.1 Å². The molecule has 148 valence electrons. The maximum atomic E-state index is 12.9. The molecule has 1 amide bonds. The highest BCUT2D eigenvalue weighted by molar-refractivity contribution is 6.06. The van der Waals surface area contributed by atoms with Crippen LogP contribution in [-0.4, -0.2) is 38.4 Å².